The van der Waals surface area contributed by atoms with Crippen LogP contribution in [0.2, 0.25) is 0 Å². The van der Waals surface area contributed by atoms with Gasteiger partial charge < -0.3 is 0 Å². The predicted molar refractivity (Wildman–Crippen MR) is 39.4 cm³/mol. The van der Waals surface area contributed by atoms with Crippen LogP contribution in [0.1, 0.15) is 6.42 Å². The van der Waals surface area contributed by atoms with Crippen molar-refractivity contribution in [3.8, 4) is 0 Å². The average molecular weight is 298 g/mol. The zero-order valence-electron chi connectivity index (χ0n) is 7.51. The average Bonchev–Trinajstić information content (AvgIpc) is 1.98. The Morgan fingerprint density at radius 2 is 1.12 bits per heavy atom. The zero-order valence-corrected chi connectivity index (χ0v) is 8.41. The summed E-state index contributed by atoms with van der Waals surface area (Å²) in [7, 11) is 0. The van der Waals surface area contributed by atoms with E-state index >= 15 is 0 Å². The molecule has 0 bridgehead atoms. The molecule has 11 heteroatoms. The van der Waals surface area contributed by atoms with Gasteiger partial charge in [-0.3, -0.25) is 0 Å². The number of halogens is 10. The van der Waals surface area contributed by atoms with E-state index in [2.05, 4.69) is 12.6 Å². The third-order valence-corrected chi connectivity index (χ3v) is 1.82. The highest BCUT2D eigenvalue weighted by atomic mass is 32.1. The van der Waals surface area contributed by atoms with Crippen molar-refractivity contribution in [2.45, 2.75) is 35.9 Å². The van der Waals surface area contributed by atoms with Crippen LogP contribution in [0.3, 0.4) is 0 Å². The minimum absolute atomic E-state index is 2.57. The Balaban J connectivity index is 5.39. The molecule has 0 saturated carbocycles. The van der Waals surface area contributed by atoms with Gasteiger partial charge in [-0.1, -0.05) is 0 Å². The normalized spacial score (nSPS) is 17.1. The van der Waals surface area contributed by atoms with Crippen molar-refractivity contribution in [3.63, 3.8) is 0 Å². The van der Waals surface area contributed by atoms with Gasteiger partial charge in [-0.05, 0) is 0 Å². The minimum Gasteiger partial charge on any atom is -0.236 e. The largest absolute Gasteiger partial charge is 0.460 e. The first-order valence-electron chi connectivity index (χ1n) is 3.69. The van der Waals surface area contributed by atoms with Crippen molar-refractivity contribution in [1.82, 2.24) is 0 Å². The SMILES string of the molecule is FC(S)CC(F)(F)C(F)(F)C(F)(F)C(F)(F)F. The molecule has 1 atom stereocenters. The van der Waals surface area contributed by atoms with Crippen LogP contribution in [0, 0.1) is 0 Å². The summed E-state index contributed by atoms with van der Waals surface area (Å²) >= 11 is 2.59. The van der Waals surface area contributed by atoms with Gasteiger partial charge in [-0.15, -0.1) is 12.6 Å². The van der Waals surface area contributed by atoms with E-state index in [-0.39, 0.29) is 0 Å². The monoisotopic (exact) mass is 298 g/mol. The van der Waals surface area contributed by atoms with Gasteiger partial charge >= 0.3 is 23.9 Å². The van der Waals surface area contributed by atoms with Crippen LogP contribution in [0.4, 0.5) is 43.9 Å². The summed E-state index contributed by atoms with van der Waals surface area (Å²) < 4.78 is 121. The van der Waals surface area contributed by atoms with Crippen molar-refractivity contribution in [3.05, 3.63) is 0 Å². The highest BCUT2D eigenvalue weighted by Crippen LogP contribution is 2.54. The van der Waals surface area contributed by atoms with Gasteiger partial charge in [0.1, 0.15) is 5.50 Å². The first-order chi connectivity index (χ1) is 7.17. The quantitative estimate of drug-likeness (QED) is 0.587. The van der Waals surface area contributed by atoms with Crippen LogP contribution >= 0.6 is 12.6 Å². The number of rotatable bonds is 4. The first-order valence-corrected chi connectivity index (χ1v) is 4.21. The Labute approximate surface area is 93.4 Å². The molecule has 0 radical (unpaired) electrons. The molecular formula is C6H4F10S. The van der Waals surface area contributed by atoms with E-state index in [0.29, 0.717) is 0 Å². The summed E-state index contributed by atoms with van der Waals surface area (Å²) in [6.45, 7) is 0. The maximum Gasteiger partial charge on any atom is 0.460 e. The van der Waals surface area contributed by atoms with Crippen molar-refractivity contribution < 1.29 is 43.9 Å². The summed E-state index contributed by atoms with van der Waals surface area (Å²) in [6.07, 6.45) is -9.46. The van der Waals surface area contributed by atoms with Gasteiger partial charge in [0.2, 0.25) is 0 Å². The lowest BCUT2D eigenvalue weighted by Gasteiger charge is -2.33. The van der Waals surface area contributed by atoms with Crippen LogP contribution in [0.25, 0.3) is 0 Å². The molecule has 0 nitrogen and oxygen atoms in total. The standard InChI is InChI=1S/C6H4F10S/c7-2(17)1-3(8,9)4(10,11)5(12,13)6(14,15)16/h2,17H,1H2. The maximum absolute atomic E-state index is 12.5. The molecule has 0 N–H and O–H groups in total. The molecule has 1 unspecified atom stereocenters. The van der Waals surface area contributed by atoms with E-state index in [1.54, 1.807) is 0 Å². The summed E-state index contributed by atoms with van der Waals surface area (Å²) in [5.74, 6) is -19.6. The van der Waals surface area contributed by atoms with Crippen molar-refractivity contribution in [2.24, 2.45) is 0 Å². The topological polar surface area (TPSA) is 0 Å². The van der Waals surface area contributed by atoms with E-state index < -0.39 is 35.9 Å². The van der Waals surface area contributed by atoms with E-state index in [0.717, 1.165) is 0 Å². The lowest BCUT2D eigenvalue weighted by Crippen LogP contribution is -2.61. The maximum atomic E-state index is 12.5. The molecule has 0 aromatic heterocycles. The van der Waals surface area contributed by atoms with Crippen LogP contribution < -0.4 is 0 Å². The second-order valence-corrected chi connectivity index (χ2v) is 3.55. The van der Waals surface area contributed by atoms with Gasteiger partial charge in [0.15, 0.2) is 0 Å². The third-order valence-electron chi connectivity index (χ3n) is 1.63. The Bertz CT molecular complexity index is 266. The zero-order chi connectivity index (χ0) is 14.3. The lowest BCUT2D eigenvalue weighted by atomic mass is 10.0. The lowest BCUT2D eigenvalue weighted by molar-refractivity contribution is -0.397. The minimum atomic E-state index is -6.98. The highest BCUT2D eigenvalue weighted by molar-refractivity contribution is 7.80. The second-order valence-electron chi connectivity index (χ2n) is 2.99. The van der Waals surface area contributed by atoms with Crippen molar-refractivity contribution in [1.29, 1.82) is 0 Å². The Hall–Kier alpha value is -0.350. The van der Waals surface area contributed by atoms with Crippen molar-refractivity contribution >= 4 is 12.6 Å². The molecule has 0 saturated heterocycles. The number of hydrogen-bond acceptors (Lipinski definition) is 1. The van der Waals surface area contributed by atoms with Gasteiger partial charge in [-0.25, -0.2) is 4.39 Å². The molecule has 0 aliphatic heterocycles. The van der Waals surface area contributed by atoms with E-state index in [1.807, 2.05) is 0 Å². The summed E-state index contributed by atoms with van der Waals surface area (Å²) in [5, 5.41) is 0. The van der Waals surface area contributed by atoms with Gasteiger partial charge in [0, 0.05) is 0 Å². The molecule has 0 aromatic carbocycles. The van der Waals surface area contributed by atoms with Crippen LogP contribution in [0.5, 0.6) is 0 Å². The van der Waals surface area contributed by atoms with Crippen LogP contribution in [-0.2, 0) is 0 Å². The molecule has 17 heavy (non-hydrogen) atoms. The van der Waals surface area contributed by atoms with Crippen LogP contribution in [-0.4, -0.2) is 29.4 Å². The molecule has 0 aliphatic carbocycles. The Morgan fingerprint density at radius 1 is 0.765 bits per heavy atom. The molecule has 0 spiro atoms. The highest BCUT2D eigenvalue weighted by Gasteiger charge is 2.81. The fourth-order valence-corrected chi connectivity index (χ4v) is 0.977. The molecule has 0 aromatic rings. The molecule has 0 aliphatic rings. The smallest absolute Gasteiger partial charge is 0.236 e. The second kappa shape index (κ2) is 4.39. The molecule has 0 heterocycles. The van der Waals surface area contributed by atoms with E-state index in [4.69, 9.17) is 0 Å². The number of alkyl halides is 10. The van der Waals surface area contributed by atoms with E-state index in [1.165, 1.54) is 0 Å². The third kappa shape index (κ3) is 2.91. The summed E-state index contributed by atoms with van der Waals surface area (Å²) in [5.41, 5.74) is -2.97. The summed E-state index contributed by atoms with van der Waals surface area (Å²) in [6, 6.07) is 0. The van der Waals surface area contributed by atoms with Crippen molar-refractivity contribution in [2.75, 3.05) is 0 Å². The van der Waals surface area contributed by atoms with Gasteiger partial charge in [0.05, 0.1) is 6.42 Å². The summed E-state index contributed by atoms with van der Waals surface area (Å²) in [4.78, 5) is 0. The molecule has 0 rings (SSSR count). The fourth-order valence-electron chi connectivity index (χ4n) is 0.747. The van der Waals surface area contributed by atoms with Gasteiger partial charge in [0.25, 0.3) is 0 Å². The first kappa shape index (κ1) is 16.6. The Kier molecular flexibility index (Phi) is 4.30. The molecule has 0 amide bonds. The molecule has 0 fully saturated rings. The number of hydrogen-bond donors (Lipinski definition) is 1. The molecular weight excluding hydrogens is 294 g/mol. The van der Waals surface area contributed by atoms with Crippen LogP contribution in [0.15, 0.2) is 0 Å². The number of thiol groups is 1. The fraction of sp³-hybridized carbons (Fsp3) is 1.00. The molecule has 104 valence electrons. The predicted octanol–water partition coefficient (Wildman–Crippen LogP) is 4.07. The Morgan fingerprint density at radius 3 is 1.35 bits per heavy atom. The van der Waals surface area contributed by atoms with E-state index in [9.17, 15) is 43.9 Å². The van der Waals surface area contributed by atoms with Gasteiger partial charge in [-0.2, -0.15) is 39.5 Å².